The molecule has 1 fully saturated rings. The van der Waals surface area contributed by atoms with Crippen molar-refractivity contribution in [3.63, 3.8) is 0 Å². The van der Waals surface area contributed by atoms with Crippen LogP contribution < -0.4 is 10.1 Å². The van der Waals surface area contributed by atoms with Crippen LogP contribution in [0.5, 0.6) is 5.75 Å². The second-order valence-corrected chi connectivity index (χ2v) is 5.36. The molecule has 0 bridgehead atoms. The Kier molecular flexibility index (Phi) is 3.52. The van der Waals surface area contributed by atoms with Gasteiger partial charge in [0.1, 0.15) is 11.9 Å². The van der Waals surface area contributed by atoms with Crippen LogP contribution in [-0.4, -0.2) is 32.4 Å². The molecule has 0 amide bonds. The Morgan fingerprint density at radius 2 is 2.22 bits per heavy atom. The topological polar surface area (TPSA) is 30.5 Å². The van der Waals surface area contributed by atoms with E-state index in [0.717, 1.165) is 31.2 Å². The molecule has 0 spiro atoms. The third-order valence-electron chi connectivity index (χ3n) is 3.86. The second-order valence-electron chi connectivity index (χ2n) is 5.36. The number of hydrogen-bond donors (Lipinski definition) is 1. The van der Waals surface area contributed by atoms with Crippen molar-refractivity contribution < 1.29 is 9.47 Å². The molecule has 98 valence electrons. The first-order valence-corrected chi connectivity index (χ1v) is 6.83. The lowest BCUT2D eigenvalue weighted by atomic mass is 10.1. The van der Waals surface area contributed by atoms with E-state index < -0.39 is 0 Å². The lowest BCUT2D eigenvalue weighted by Crippen LogP contribution is -2.41. The van der Waals surface area contributed by atoms with Gasteiger partial charge in [0.25, 0.3) is 0 Å². The highest BCUT2D eigenvalue weighted by atomic mass is 16.5. The first kappa shape index (κ1) is 12.0. The molecule has 0 radical (unpaired) electrons. The fourth-order valence-corrected chi connectivity index (χ4v) is 2.69. The molecule has 0 aromatic heterocycles. The van der Waals surface area contributed by atoms with Gasteiger partial charge >= 0.3 is 0 Å². The first-order valence-electron chi connectivity index (χ1n) is 6.83. The van der Waals surface area contributed by atoms with Crippen molar-refractivity contribution in [3.05, 3.63) is 29.8 Å². The number of ether oxygens (including phenoxy) is 2. The van der Waals surface area contributed by atoms with E-state index in [4.69, 9.17) is 9.47 Å². The van der Waals surface area contributed by atoms with Gasteiger partial charge < -0.3 is 14.8 Å². The molecule has 3 heteroatoms. The first-order chi connectivity index (χ1) is 8.86. The minimum Gasteiger partial charge on any atom is -0.488 e. The number of rotatable bonds is 6. The van der Waals surface area contributed by atoms with E-state index in [0.29, 0.717) is 6.04 Å². The van der Waals surface area contributed by atoms with Crippen LogP contribution >= 0.6 is 0 Å². The quantitative estimate of drug-likeness (QED) is 0.834. The van der Waals surface area contributed by atoms with Crippen LogP contribution in [0.15, 0.2) is 24.3 Å². The maximum atomic E-state index is 5.93. The molecule has 2 unspecified atom stereocenters. The van der Waals surface area contributed by atoms with E-state index in [1.165, 1.54) is 18.4 Å². The van der Waals surface area contributed by atoms with Crippen molar-refractivity contribution >= 4 is 0 Å². The van der Waals surface area contributed by atoms with E-state index in [-0.39, 0.29) is 6.10 Å². The van der Waals surface area contributed by atoms with Crippen molar-refractivity contribution in [1.29, 1.82) is 0 Å². The van der Waals surface area contributed by atoms with Crippen LogP contribution in [-0.2, 0) is 11.2 Å². The zero-order chi connectivity index (χ0) is 12.4. The van der Waals surface area contributed by atoms with Gasteiger partial charge in [0, 0.05) is 26.1 Å². The van der Waals surface area contributed by atoms with E-state index >= 15 is 0 Å². The molecule has 0 saturated heterocycles. The van der Waals surface area contributed by atoms with Crippen molar-refractivity contribution in [1.82, 2.24) is 5.32 Å². The van der Waals surface area contributed by atoms with Crippen LogP contribution in [0.4, 0.5) is 0 Å². The highest BCUT2D eigenvalue weighted by Crippen LogP contribution is 2.33. The van der Waals surface area contributed by atoms with Gasteiger partial charge in [-0.3, -0.25) is 0 Å². The molecule has 1 aromatic rings. The van der Waals surface area contributed by atoms with Crippen LogP contribution in [0.3, 0.4) is 0 Å². The minimum atomic E-state index is 0.278. The zero-order valence-corrected chi connectivity index (χ0v) is 10.9. The lowest BCUT2D eigenvalue weighted by molar-refractivity contribution is 0.146. The van der Waals surface area contributed by atoms with Crippen molar-refractivity contribution in [2.24, 2.45) is 5.92 Å². The fraction of sp³-hybridized carbons (Fsp3) is 0.600. The highest BCUT2D eigenvalue weighted by Gasteiger charge is 2.32. The second kappa shape index (κ2) is 5.29. The summed E-state index contributed by atoms with van der Waals surface area (Å²) in [6.45, 7) is 1.73. The van der Waals surface area contributed by atoms with Crippen LogP contribution in [0, 0.1) is 5.92 Å². The smallest absolute Gasteiger partial charge is 0.123 e. The summed E-state index contributed by atoms with van der Waals surface area (Å²) < 4.78 is 11.2. The molecule has 2 aliphatic rings. The molecule has 18 heavy (non-hydrogen) atoms. The molecule has 2 atom stereocenters. The normalized spacial score (nSPS) is 23.5. The van der Waals surface area contributed by atoms with Gasteiger partial charge in [-0.1, -0.05) is 18.2 Å². The van der Waals surface area contributed by atoms with Gasteiger partial charge in [-0.2, -0.15) is 0 Å². The van der Waals surface area contributed by atoms with E-state index in [2.05, 4.69) is 23.5 Å². The number of hydrogen-bond acceptors (Lipinski definition) is 3. The Morgan fingerprint density at radius 3 is 2.94 bits per heavy atom. The van der Waals surface area contributed by atoms with Crippen molar-refractivity contribution in [2.45, 2.75) is 31.4 Å². The monoisotopic (exact) mass is 247 g/mol. The average Bonchev–Trinajstić information content (AvgIpc) is 3.13. The summed E-state index contributed by atoms with van der Waals surface area (Å²) in [4.78, 5) is 0. The molecule has 1 saturated carbocycles. The molecular formula is C15H21NO2. The van der Waals surface area contributed by atoms with Crippen LogP contribution in [0.1, 0.15) is 18.4 Å². The van der Waals surface area contributed by atoms with Gasteiger partial charge in [0.05, 0.1) is 6.61 Å². The van der Waals surface area contributed by atoms with Crippen LogP contribution in [0.2, 0.25) is 0 Å². The maximum Gasteiger partial charge on any atom is 0.123 e. The summed E-state index contributed by atoms with van der Waals surface area (Å²) in [6.07, 6.45) is 3.98. The van der Waals surface area contributed by atoms with E-state index in [9.17, 15) is 0 Å². The number of para-hydroxylation sites is 1. The van der Waals surface area contributed by atoms with Gasteiger partial charge in [-0.05, 0) is 30.4 Å². The summed E-state index contributed by atoms with van der Waals surface area (Å²) >= 11 is 0. The molecule has 1 N–H and O–H groups in total. The molecule has 1 aromatic carbocycles. The number of methoxy groups -OCH3 is 1. The van der Waals surface area contributed by atoms with Gasteiger partial charge in [-0.15, -0.1) is 0 Å². The maximum absolute atomic E-state index is 5.93. The molecule has 1 heterocycles. The summed E-state index contributed by atoms with van der Waals surface area (Å²) in [6, 6.07) is 8.83. The van der Waals surface area contributed by atoms with E-state index in [1.807, 2.05) is 6.07 Å². The molecule has 1 aliphatic carbocycles. The third-order valence-corrected chi connectivity index (χ3v) is 3.86. The Balaban J connectivity index is 1.50. The summed E-state index contributed by atoms with van der Waals surface area (Å²) in [5.74, 6) is 1.87. The minimum absolute atomic E-state index is 0.278. The molecule has 1 aliphatic heterocycles. The summed E-state index contributed by atoms with van der Waals surface area (Å²) in [5, 5.41) is 3.61. The highest BCUT2D eigenvalue weighted by molar-refractivity contribution is 5.37. The van der Waals surface area contributed by atoms with Crippen molar-refractivity contribution in [3.8, 4) is 5.75 Å². The van der Waals surface area contributed by atoms with Crippen molar-refractivity contribution in [2.75, 3.05) is 20.3 Å². The molecule has 3 rings (SSSR count). The Labute approximate surface area is 108 Å². The Bertz CT molecular complexity index is 378. The Morgan fingerprint density at radius 1 is 1.39 bits per heavy atom. The predicted octanol–water partition coefficient (Wildman–Crippen LogP) is 2.00. The molecule has 3 nitrogen and oxygen atoms in total. The predicted molar refractivity (Wildman–Crippen MR) is 71.0 cm³/mol. The number of fused-ring (bicyclic) bond motifs is 1. The fourth-order valence-electron chi connectivity index (χ4n) is 2.69. The third kappa shape index (κ3) is 2.68. The van der Waals surface area contributed by atoms with E-state index in [1.54, 1.807) is 7.11 Å². The SMILES string of the molecule is COCC(NCC1Cc2ccccc2O1)C1CC1. The number of nitrogens with one attached hydrogen (secondary N) is 1. The van der Waals surface area contributed by atoms with Gasteiger partial charge in [-0.25, -0.2) is 0 Å². The number of benzene rings is 1. The Hall–Kier alpha value is -1.06. The van der Waals surface area contributed by atoms with Gasteiger partial charge in [0.15, 0.2) is 0 Å². The lowest BCUT2D eigenvalue weighted by Gasteiger charge is -2.20. The molecular weight excluding hydrogens is 226 g/mol. The van der Waals surface area contributed by atoms with Gasteiger partial charge in [0.2, 0.25) is 0 Å². The largest absolute Gasteiger partial charge is 0.488 e. The summed E-state index contributed by atoms with van der Waals surface area (Å²) in [7, 11) is 1.78. The average molecular weight is 247 g/mol. The zero-order valence-electron chi connectivity index (χ0n) is 10.9. The van der Waals surface area contributed by atoms with Crippen LogP contribution in [0.25, 0.3) is 0 Å². The standard InChI is InChI=1S/C15H21NO2/c1-17-10-14(11-6-7-11)16-9-13-8-12-4-2-3-5-15(12)18-13/h2-5,11,13-14,16H,6-10H2,1H3. The summed E-state index contributed by atoms with van der Waals surface area (Å²) in [5.41, 5.74) is 1.33.